The predicted molar refractivity (Wildman–Crippen MR) is 53.3 cm³/mol. The van der Waals surface area contributed by atoms with Crippen LogP contribution in [0.5, 0.6) is 0 Å². The Hall–Kier alpha value is -1.32. The molecule has 4 nitrogen and oxygen atoms in total. The van der Waals surface area contributed by atoms with Crippen molar-refractivity contribution in [2.45, 2.75) is 33.2 Å². The van der Waals surface area contributed by atoms with Crippen molar-refractivity contribution in [1.29, 1.82) is 0 Å². The van der Waals surface area contributed by atoms with E-state index in [2.05, 4.69) is 18.8 Å². The molecule has 0 aliphatic carbocycles. The summed E-state index contributed by atoms with van der Waals surface area (Å²) in [5.74, 6) is -0.273. The third-order valence-electron chi connectivity index (χ3n) is 2.05. The second-order valence-corrected chi connectivity index (χ2v) is 3.84. The molecule has 1 rings (SSSR count). The van der Waals surface area contributed by atoms with Gasteiger partial charge in [-0.3, -0.25) is 0 Å². The lowest BCUT2D eigenvalue weighted by Gasteiger charge is -2.04. The van der Waals surface area contributed by atoms with E-state index in [1.165, 1.54) is 0 Å². The van der Waals surface area contributed by atoms with E-state index < -0.39 is 5.97 Å². The molecule has 78 valence electrons. The van der Waals surface area contributed by atoms with Crippen LogP contribution < -0.4 is 0 Å². The Morgan fingerprint density at radius 3 is 2.86 bits per heavy atom. The fourth-order valence-corrected chi connectivity index (χ4v) is 1.27. The number of carbonyl (C=O) groups is 1. The van der Waals surface area contributed by atoms with Gasteiger partial charge in [0.05, 0.1) is 6.33 Å². The smallest absolute Gasteiger partial charge is 0.356 e. The first kappa shape index (κ1) is 10.8. The zero-order valence-corrected chi connectivity index (χ0v) is 8.60. The molecule has 0 aliphatic rings. The number of nitrogens with zero attached hydrogens (tertiary/aromatic N) is 2. The Balaban J connectivity index is 2.40. The molecule has 0 unspecified atom stereocenters. The zero-order chi connectivity index (χ0) is 10.6. The second-order valence-electron chi connectivity index (χ2n) is 3.84. The number of carboxylic acid groups (broad SMARTS) is 1. The molecule has 0 atom stereocenters. The number of hydrogen-bond donors (Lipinski definition) is 1. The molecule has 0 aromatic carbocycles. The number of aromatic nitrogens is 2. The van der Waals surface area contributed by atoms with E-state index in [4.69, 9.17) is 5.11 Å². The third-order valence-corrected chi connectivity index (χ3v) is 2.05. The van der Waals surface area contributed by atoms with Crippen molar-refractivity contribution in [2.75, 3.05) is 0 Å². The highest BCUT2D eigenvalue weighted by atomic mass is 16.4. The molecule has 1 aromatic heterocycles. The normalized spacial score (nSPS) is 10.8. The summed E-state index contributed by atoms with van der Waals surface area (Å²) >= 11 is 0. The summed E-state index contributed by atoms with van der Waals surface area (Å²) < 4.78 is 1.83. The summed E-state index contributed by atoms with van der Waals surface area (Å²) in [7, 11) is 0. The lowest BCUT2D eigenvalue weighted by Crippen LogP contribution is -1.98. The van der Waals surface area contributed by atoms with E-state index in [0.29, 0.717) is 5.92 Å². The molecule has 0 spiro atoms. The molecular formula is C10H16N2O2. The van der Waals surface area contributed by atoms with Crippen LogP contribution in [0.1, 0.15) is 37.2 Å². The van der Waals surface area contributed by atoms with Crippen LogP contribution in [0.15, 0.2) is 12.5 Å². The highest BCUT2D eigenvalue weighted by Gasteiger charge is 2.05. The van der Waals surface area contributed by atoms with Gasteiger partial charge in [-0.2, -0.15) is 0 Å². The zero-order valence-electron chi connectivity index (χ0n) is 8.60. The number of carboxylic acids is 1. The van der Waals surface area contributed by atoms with E-state index in [9.17, 15) is 4.79 Å². The molecular weight excluding hydrogens is 180 g/mol. The predicted octanol–water partition coefficient (Wildman–Crippen LogP) is 2.02. The van der Waals surface area contributed by atoms with Crippen molar-refractivity contribution in [2.24, 2.45) is 5.92 Å². The van der Waals surface area contributed by atoms with Crippen molar-refractivity contribution in [3.05, 3.63) is 18.2 Å². The van der Waals surface area contributed by atoms with Gasteiger partial charge in [0.25, 0.3) is 0 Å². The molecule has 0 radical (unpaired) electrons. The monoisotopic (exact) mass is 196 g/mol. The van der Waals surface area contributed by atoms with Crippen LogP contribution >= 0.6 is 0 Å². The van der Waals surface area contributed by atoms with Crippen LogP contribution in [0.3, 0.4) is 0 Å². The molecule has 0 bridgehead atoms. The van der Waals surface area contributed by atoms with Crippen molar-refractivity contribution in [3.63, 3.8) is 0 Å². The standard InChI is InChI=1S/C10H16N2O2/c1-8(2)4-3-5-12-6-9(10(13)14)11-7-12/h6-8H,3-5H2,1-2H3,(H,13,14). The van der Waals surface area contributed by atoms with E-state index in [1.54, 1.807) is 12.5 Å². The Bertz CT molecular complexity index is 305. The fourth-order valence-electron chi connectivity index (χ4n) is 1.27. The minimum absolute atomic E-state index is 0.120. The quantitative estimate of drug-likeness (QED) is 0.783. The molecule has 14 heavy (non-hydrogen) atoms. The van der Waals surface area contributed by atoms with Crippen molar-refractivity contribution < 1.29 is 9.90 Å². The largest absolute Gasteiger partial charge is 0.476 e. The maximum absolute atomic E-state index is 10.5. The first-order valence-electron chi connectivity index (χ1n) is 4.84. The summed E-state index contributed by atoms with van der Waals surface area (Å²) in [5, 5.41) is 8.64. The minimum Gasteiger partial charge on any atom is -0.476 e. The Morgan fingerprint density at radius 2 is 2.36 bits per heavy atom. The minimum atomic E-state index is -0.965. The molecule has 1 aromatic rings. The van der Waals surface area contributed by atoms with Crippen molar-refractivity contribution in [3.8, 4) is 0 Å². The van der Waals surface area contributed by atoms with E-state index in [-0.39, 0.29) is 5.69 Å². The number of imidazole rings is 1. The molecule has 4 heteroatoms. The third kappa shape index (κ3) is 3.20. The Labute approximate surface area is 83.6 Å². The summed E-state index contributed by atoms with van der Waals surface area (Å²) in [6.07, 6.45) is 5.36. The summed E-state index contributed by atoms with van der Waals surface area (Å²) in [6.45, 7) is 5.20. The highest BCUT2D eigenvalue weighted by molar-refractivity contribution is 5.84. The lowest BCUT2D eigenvalue weighted by molar-refractivity contribution is 0.0691. The van der Waals surface area contributed by atoms with Gasteiger partial charge in [0.2, 0.25) is 0 Å². The number of hydrogen-bond acceptors (Lipinski definition) is 2. The van der Waals surface area contributed by atoms with Crippen LogP contribution in [0.2, 0.25) is 0 Å². The topological polar surface area (TPSA) is 55.1 Å². The second kappa shape index (κ2) is 4.79. The molecule has 0 amide bonds. The number of aryl methyl sites for hydroxylation is 1. The molecule has 1 heterocycles. The summed E-state index contributed by atoms with van der Waals surface area (Å²) in [4.78, 5) is 14.3. The van der Waals surface area contributed by atoms with Gasteiger partial charge < -0.3 is 9.67 Å². The average molecular weight is 196 g/mol. The van der Waals surface area contributed by atoms with Crippen LogP contribution in [0.4, 0.5) is 0 Å². The van der Waals surface area contributed by atoms with Gasteiger partial charge in [0.1, 0.15) is 0 Å². The number of rotatable bonds is 5. The van der Waals surface area contributed by atoms with E-state index in [1.807, 2.05) is 4.57 Å². The maximum Gasteiger partial charge on any atom is 0.356 e. The molecule has 0 fully saturated rings. The van der Waals surface area contributed by atoms with Crippen LogP contribution in [0, 0.1) is 5.92 Å². The first-order valence-corrected chi connectivity index (χ1v) is 4.84. The highest BCUT2D eigenvalue weighted by Crippen LogP contribution is 2.05. The Kier molecular flexibility index (Phi) is 3.68. The van der Waals surface area contributed by atoms with Crippen LogP contribution in [-0.4, -0.2) is 20.6 Å². The van der Waals surface area contributed by atoms with Crippen LogP contribution in [0.25, 0.3) is 0 Å². The van der Waals surface area contributed by atoms with Gasteiger partial charge in [-0.05, 0) is 18.8 Å². The average Bonchev–Trinajstić information content (AvgIpc) is 2.52. The first-order chi connectivity index (χ1) is 6.59. The van der Waals surface area contributed by atoms with Gasteiger partial charge in [0, 0.05) is 12.7 Å². The maximum atomic E-state index is 10.5. The summed E-state index contributed by atoms with van der Waals surface area (Å²) in [6, 6.07) is 0. The number of aromatic carboxylic acids is 1. The molecule has 1 N–H and O–H groups in total. The van der Waals surface area contributed by atoms with Gasteiger partial charge in [0.15, 0.2) is 5.69 Å². The lowest BCUT2D eigenvalue weighted by atomic mass is 10.1. The van der Waals surface area contributed by atoms with E-state index in [0.717, 1.165) is 19.4 Å². The van der Waals surface area contributed by atoms with Crippen molar-refractivity contribution >= 4 is 5.97 Å². The van der Waals surface area contributed by atoms with E-state index >= 15 is 0 Å². The van der Waals surface area contributed by atoms with Gasteiger partial charge >= 0.3 is 5.97 Å². The van der Waals surface area contributed by atoms with Crippen molar-refractivity contribution in [1.82, 2.24) is 9.55 Å². The Morgan fingerprint density at radius 1 is 1.64 bits per heavy atom. The van der Waals surface area contributed by atoms with Gasteiger partial charge in [-0.25, -0.2) is 9.78 Å². The molecule has 0 saturated carbocycles. The SMILES string of the molecule is CC(C)CCCn1cnc(C(=O)O)c1. The molecule has 0 aliphatic heterocycles. The van der Waals surface area contributed by atoms with Crippen LogP contribution in [-0.2, 0) is 6.54 Å². The van der Waals surface area contributed by atoms with Gasteiger partial charge in [-0.15, -0.1) is 0 Å². The fraction of sp³-hybridized carbons (Fsp3) is 0.600. The summed E-state index contributed by atoms with van der Waals surface area (Å²) in [5.41, 5.74) is 0.120. The molecule has 0 saturated heterocycles. The van der Waals surface area contributed by atoms with Gasteiger partial charge in [-0.1, -0.05) is 13.8 Å².